The maximum Gasteiger partial charge on any atom is 0.282 e. The molecule has 4 aromatic carbocycles. The molecule has 0 aliphatic carbocycles. The van der Waals surface area contributed by atoms with E-state index < -0.39 is 11.7 Å². The van der Waals surface area contributed by atoms with Crippen molar-refractivity contribution in [2.75, 3.05) is 26.1 Å². The molecule has 0 radical (unpaired) electrons. The first-order valence-electron chi connectivity index (χ1n) is 12.5. The van der Waals surface area contributed by atoms with Gasteiger partial charge in [0.25, 0.3) is 11.5 Å². The first-order chi connectivity index (χ1) is 20.0. The average Bonchev–Trinajstić information content (AvgIpc) is 2.99. The Kier molecular flexibility index (Phi) is 8.00. The number of fused-ring (bicyclic) bond motifs is 1. The summed E-state index contributed by atoms with van der Waals surface area (Å²) in [5.74, 6) is 0.155. The third-order valence-corrected chi connectivity index (χ3v) is 6.05. The van der Waals surface area contributed by atoms with Crippen molar-refractivity contribution >= 4 is 28.7 Å². The summed E-state index contributed by atoms with van der Waals surface area (Å²) < 4.78 is 31.4. The predicted molar refractivity (Wildman–Crippen MR) is 155 cm³/mol. The lowest BCUT2D eigenvalue weighted by Gasteiger charge is -2.15. The Hall–Kier alpha value is -5.51. The summed E-state index contributed by atoms with van der Waals surface area (Å²) in [6, 6.07) is 25.2. The van der Waals surface area contributed by atoms with Crippen molar-refractivity contribution < 1.29 is 23.4 Å². The summed E-state index contributed by atoms with van der Waals surface area (Å²) in [6.07, 6.45) is 1.48. The molecule has 1 heterocycles. The van der Waals surface area contributed by atoms with E-state index in [1.807, 2.05) is 36.4 Å². The number of para-hydroxylation sites is 1. The van der Waals surface area contributed by atoms with Gasteiger partial charge in [0.1, 0.15) is 5.82 Å². The van der Waals surface area contributed by atoms with Crippen molar-refractivity contribution in [2.24, 2.45) is 5.10 Å². The Morgan fingerprint density at radius 3 is 2.37 bits per heavy atom. The van der Waals surface area contributed by atoms with Crippen LogP contribution in [0.5, 0.6) is 17.2 Å². The molecule has 41 heavy (non-hydrogen) atoms. The molecular formula is C31H25FN4O5. The van der Waals surface area contributed by atoms with Crippen molar-refractivity contribution in [3.63, 3.8) is 0 Å². The fraction of sp³-hybridized carbons (Fsp3) is 0.0968. The molecule has 1 amide bonds. The number of aromatic nitrogens is 2. The van der Waals surface area contributed by atoms with Crippen LogP contribution in [-0.4, -0.2) is 42.6 Å². The number of rotatable bonds is 9. The van der Waals surface area contributed by atoms with Gasteiger partial charge >= 0.3 is 0 Å². The van der Waals surface area contributed by atoms with E-state index in [1.165, 1.54) is 43.3 Å². The third kappa shape index (κ3) is 6.06. The summed E-state index contributed by atoms with van der Waals surface area (Å²) in [5, 5.41) is 7.48. The molecule has 0 unspecified atom stereocenters. The summed E-state index contributed by atoms with van der Waals surface area (Å²) in [7, 11) is 2.89. The highest BCUT2D eigenvalue weighted by atomic mass is 19.1. The number of hydrogen-bond donors (Lipinski definition) is 1. The number of nitrogens with one attached hydrogen (secondary N) is 1. The minimum absolute atomic E-state index is 0.191. The highest BCUT2D eigenvalue weighted by molar-refractivity contribution is 5.92. The van der Waals surface area contributed by atoms with E-state index in [9.17, 15) is 14.0 Å². The topological polar surface area (TPSA) is 104 Å². The van der Waals surface area contributed by atoms with Gasteiger partial charge in [-0.2, -0.15) is 9.78 Å². The van der Waals surface area contributed by atoms with Crippen LogP contribution in [0.2, 0.25) is 0 Å². The Bertz CT molecular complexity index is 1780. The lowest BCUT2D eigenvalue weighted by molar-refractivity contribution is -0.118. The van der Waals surface area contributed by atoms with Gasteiger partial charge in [0, 0.05) is 16.8 Å². The second kappa shape index (κ2) is 12.1. The fourth-order valence-corrected chi connectivity index (χ4v) is 4.15. The molecule has 0 saturated carbocycles. The molecule has 206 valence electrons. The van der Waals surface area contributed by atoms with Gasteiger partial charge in [-0.15, -0.1) is 0 Å². The number of carbonyl (C=O) groups excluding carboxylic acids is 1. The quantitative estimate of drug-likeness (QED) is 0.255. The highest BCUT2D eigenvalue weighted by Crippen LogP contribution is 2.38. The summed E-state index contributed by atoms with van der Waals surface area (Å²) in [5.41, 5.74) is 1.80. The Morgan fingerprint density at radius 1 is 0.951 bits per heavy atom. The van der Waals surface area contributed by atoms with Crippen LogP contribution >= 0.6 is 0 Å². The molecule has 5 aromatic rings. The highest BCUT2D eigenvalue weighted by Gasteiger charge is 2.17. The van der Waals surface area contributed by atoms with E-state index in [2.05, 4.69) is 10.4 Å². The number of ether oxygens (including phenoxy) is 3. The van der Waals surface area contributed by atoms with Crippen LogP contribution in [-0.2, 0) is 4.79 Å². The smallest absolute Gasteiger partial charge is 0.282 e. The molecule has 5 rings (SSSR count). The molecule has 0 fully saturated rings. The zero-order valence-corrected chi connectivity index (χ0v) is 22.2. The number of carbonyl (C=O) groups is 1. The van der Waals surface area contributed by atoms with Crippen LogP contribution in [0, 0.1) is 5.82 Å². The lowest BCUT2D eigenvalue weighted by Crippen LogP contribution is -2.21. The largest absolute Gasteiger partial charge is 0.493 e. The van der Waals surface area contributed by atoms with Gasteiger partial charge in [-0.3, -0.25) is 9.59 Å². The molecule has 1 N–H and O–H groups in total. The summed E-state index contributed by atoms with van der Waals surface area (Å²) in [6.45, 7) is -0.380. The van der Waals surface area contributed by atoms with Crippen molar-refractivity contribution in [1.29, 1.82) is 0 Å². The van der Waals surface area contributed by atoms with Crippen LogP contribution in [0.3, 0.4) is 0 Å². The van der Waals surface area contributed by atoms with Crippen molar-refractivity contribution in [1.82, 2.24) is 9.66 Å². The minimum Gasteiger partial charge on any atom is -0.493 e. The van der Waals surface area contributed by atoms with Crippen LogP contribution < -0.4 is 25.1 Å². The first-order valence-corrected chi connectivity index (χ1v) is 12.5. The number of methoxy groups -OCH3 is 2. The van der Waals surface area contributed by atoms with Crippen LogP contribution in [0.25, 0.3) is 22.3 Å². The second-order valence-corrected chi connectivity index (χ2v) is 8.78. The van der Waals surface area contributed by atoms with Crippen LogP contribution in [0.4, 0.5) is 10.1 Å². The number of amides is 1. The Balaban J connectivity index is 1.45. The first kappa shape index (κ1) is 27.1. The van der Waals surface area contributed by atoms with Gasteiger partial charge in [0.2, 0.25) is 5.75 Å². The molecule has 0 saturated heterocycles. The molecular weight excluding hydrogens is 527 g/mol. The SMILES string of the molecule is COc1cc(C=Nn2c(-c3ccccc3)nc3ccccc3c2=O)cc(OC)c1OCC(=O)Nc1cccc(F)c1. The van der Waals surface area contributed by atoms with E-state index in [4.69, 9.17) is 19.2 Å². The molecule has 0 aliphatic rings. The standard InChI is InChI=1S/C31H25FN4O5/c1-39-26-15-20(16-27(40-2)29(26)41-19-28(37)34-23-12-8-11-22(32)17-23)18-33-36-30(21-9-4-3-5-10-21)35-25-14-7-6-13-24(25)31(36)38/h3-18H,19H2,1-2H3,(H,34,37). The predicted octanol–water partition coefficient (Wildman–Crippen LogP) is 5.12. The molecule has 0 spiro atoms. The molecule has 10 heteroatoms. The van der Waals surface area contributed by atoms with Gasteiger partial charge in [0.05, 0.1) is 31.3 Å². The third-order valence-electron chi connectivity index (χ3n) is 6.05. The zero-order chi connectivity index (χ0) is 28.8. The van der Waals surface area contributed by atoms with Crippen molar-refractivity contribution in [3.8, 4) is 28.6 Å². The van der Waals surface area contributed by atoms with Crippen LogP contribution in [0.15, 0.2) is 101 Å². The van der Waals surface area contributed by atoms with Gasteiger partial charge in [0.15, 0.2) is 23.9 Å². The number of anilines is 1. The van der Waals surface area contributed by atoms with E-state index in [1.54, 1.807) is 36.4 Å². The summed E-state index contributed by atoms with van der Waals surface area (Å²) >= 11 is 0. The van der Waals surface area contributed by atoms with E-state index in [0.717, 1.165) is 5.56 Å². The zero-order valence-electron chi connectivity index (χ0n) is 22.2. The molecule has 0 atom stereocenters. The maximum atomic E-state index is 13.4. The molecule has 9 nitrogen and oxygen atoms in total. The Morgan fingerprint density at radius 2 is 1.66 bits per heavy atom. The van der Waals surface area contributed by atoms with Crippen molar-refractivity contribution in [3.05, 3.63) is 113 Å². The van der Waals surface area contributed by atoms with E-state index in [0.29, 0.717) is 28.0 Å². The normalized spacial score (nSPS) is 11.0. The fourth-order valence-electron chi connectivity index (χ4n) is 4.15. The molecule has 0 aliphatic heterocycles. The monoisotopic (exact) mass is 552 g/mol. The van der Waals surface area contributed by atoms with Gasteiger partial charge < -0.3 is 19.5 Å². The maximum absolute atomic E-state index is 13.4. The van der Waals surface area contributed by atoms with Gasteiger partial charge in [-0.25, -0.2) is 9.37 Å². The summed E-state index contributed by atoms with van der Waals surface area (Å²) in [4.78, 5) is 30.5. The van der Waals surface area contributed by atoms with E-state index in [-0.39, 0.29) is 29.4 Å². The number of halogens is 1. The van der Waals surface area contributed by atoms with Crippen LogP contribution in [0.1, 0.15) is 5.56 Å². The van der Waals surface area contributed by atoms with E-state index >= 15 is 0 Å². The lowest BCUT2D eigenvalue weighted by atomic mass is 10.2. The molecule has 0 bridgehead atoms. The Labute approximate surface area is 234 Å². The second-order valence-electron chi connectivity index (χ2n) is 8.78. The molecule has 1 aromatic heterocycles. The average molecular weight is 553 g/mol. The number of hydrogen-bond acceptors (Lipinski definition) is 7. The van der Waals surface area contributed by atoms with Crippen molar-refractivity contribution in [2.45, 2.75) is 0 Å². The van der Waals surface area contributed by atoms with Gasteiger partial charge in [-0.05, 0) is 42.5 Å². The number of benzene rings is 4. The number of nitrogens with zero attached hydrogens (tertiary/aromatic N) is 3. The van der Waals surface area contributed by atoms with Gasteiger partial charge in [-0.1, -0.05) is 48.5 Å². The minimum atomic E-state index is -0.498.